The number of carbonyl (C=O) groups is 3. The smallest absolute Gasteiger partial charge is 0.254 e. The van der Waals surface area contributed by atoms with Crippen molar-refractivity contribution in [3.8, 4) is 0 Å². The Morgan fingerprint density at radius 1 is 0.714 bits per heavy atom. The second kappa shape index (κ2) is 13.1. The van der Waals surface area contributed by atoms with Gasteiger partial charge >= 0.3 is 0 Å². The van der Waals surface area contributed by atoms with E-state index in [2.05, 4.69) is 10.2 Å². The van der Waals surface area contributed by atoms with Crippen molar-refractivity contribution in [2.75, 3.05) is 42.9 Å². The van der Waals surface area contributed by atoms with Gasteiger partial charge in [0.15, 0.2) is 0 Å². The molecule has 0 aliphatic carbocycles. The van der Waals surface area contributed by atoms with E-state index in [1.54, 1.807) is 23.1 Å². The lowest BCUT2D eigenvalue weighted by molar-refractivity contribution is -0.117. The maximum Gasteiger partial charge on any atom is 0.254 e. The predicted molar refractivity (Wildman–Crippen MR) is 157 cm³/mol. The monoisotopic (exact) mass is 568 g/mol. The molecule has 7 nitrogen and oxygen atoms in total. The van der Waals surface area contributed by atoms with Crippen LogP contribution in [0.3, 0.4) is 0 Å². The molecular weight excluding hydrogens is 538 g/mol. The van der Waals surface area contributed by atoms with Crippen LogP contribution in [-0.2, 0) is 11.3 Å². The molecule has 4 aromatic carbocycles. The summed E-state index contributed by atoms with van der Waals surface area (Å²) in [5, 5.41) is 2.84. The molecule has 1 fully saturated rings. The van der Waals surface area contributed by atoms with Gasteiger partial charge in [-0.2, -0.15) is 0 Å². The molecule has 0 aromatic heterocycles. The van der Waals surface area contributed by atoms with E-state index in [0.29, 0.717) is 37.4 Å². The molecule has 0 radical (unpaired) electrons. The number of rotatable bonds is 8. The van der Waals surface area contributed by atoms with Crippen LogP contribution in [0.4, 0.5) is 20.2 Å². The maximum absolute atomic E-state index is 13.8. The maximum atomic E-state index is 13.8. The van der Waals surface area contributed by atoms with Crippen LogP contribution in [0, 0.1) is 11.6 Å². The first-order chi connectivity index (χ1) is 20.4. The lowest BCUT2D eigenvalue weighted by Gasteiger charge is -2.36. The highest BCUT2D eigenvalue weighted by molar-refractivity contribution is 5.99. The van der Waals surface area contributed by atoms with Gasteiger partial charge in [-0.05, 0) is 66.2 Å². The summed E-state index contributed by atoms with van der Waals surface area (Å²) in [6.07, 6.45) is 0. The van der Waals surface area contributed by atoms with Crippen molar-refractivity contribution in [3.05, 3.63) is 131 Å². The molecule has 1 saturated heterocycles. The highest BCUT2D eigenvalue weighted by Gasteiger charge is 2.23. The molecule has 0 bridgehead atoms. The molecule has 4 aromatic rings. The van der Waals surface area contributed by atoms with Gasteiger partial charge in [-0.25, -0.2) is 8.78 Å². The first-order valence-corrected chi connectivity index (χ1v) is 13.6. The van der Waals surface area contributed by atoms with Crippen molar-refractivity contribution >= 4 is 29.1 Å². The van der Waals surface area contributed by atoms with Crippen LogP contribution in [0.2, 0.25) is 0 Å². The second-order valence-corrected chi connectivity index (χ2v) is 10.0. The minimum Gasteiger partial charge on any atom is -0.368 e. The molecule has 9 heteroatoms. The molecule has 1 N–H and O–H groups in total. The third kappa shape index (κ3) is 7.17. The average Bonchev–Trinajstić information content (AvgIpc) is 3.01. The van der Waals surface area contributed by atoms with Gasteiger partial charge in [-0.1, -0.05) is 42.5 Å². The van der Waals surface area contributed by atoms with E-state index in [1.165, 1.54) is 41.3 Å². The van der Waals surface area contributed by atoms with E-state index in [-0.39, 0.29) is 30.5 Å². The first-order valence-electron chi connectivity index (χ1n) is 13.6. The van der Waals surface area contributed by atoms with Crippen LogP contribution in [-0.4, -0.2) is 60.2 Å². The Hall–Kier alpha value is -5.05. The number of anilines is 2. The largest absolute Gasteiger partial charge is 0.368 e. The summed E-state index contributed by atoms with van der Waals surface area (Å²) in [6.45, 7) is 2.21. The van der Waals surface area contributed by atoms with Crippen molar-refractivity contribution in [3.63, 3.8) is 0 Å². The van der Waals surface area contributed by atoms with Gasteiger partial charge in [0.05, 0.1) is 0 Å². The van der Waals surface area contributed by atoms with E-state index in [0.717, 1.165) is 17.3 Å². The topological polar surface area (TPSA) is 73.0 Å². The van der Waals surface area contributed by atoms with Crippen molar-refractivity contribution in [1.29, 1.82) is 0 Å². The molecule has 5 rings (SSSR count). The summed E-state index contributed by atoms with van der Waals surface area (Å²) >= 11 is 0. The van der Waals surface area contributed by atoms with Crippen LogP contribution < -0.4 is 10.2 Å². The number of halogens is 2. The highest BCUT2D eigenvalue weighted by atomic mass is 19.1. The molecule has 0 spiro atoms. The fourth-order valence-corrected chi connectivity index (χ4v) is 4.91. The number of piperazine rings is 1. The van der Waals surface area contributed by atoms with Gasteiger partial charge in [0, 0.05) is 55.2 Å². The Bertz CT molecular complexity index is 1560. The third-order valence-corrected chi connectivity index (χ3v) is 7.06. The standard InChI is InChI=1S/C33H30F2N4O3/c34-27-10-4-8-25(20-27)32(41)38-18-16-37(17-19-38)30-14-12-29(13-15-30)36-31(40)23-39(22-24-6-2-1-3-7-24)33(42)26-9-5-11-28(35)21-26/h1-15,20-21H,16-19,22-23H2,(H,36,40). The lowest BCUT2D eigenvalue weighted by Crippen LogP contribution is -2.48. The molecule has 0 unspecified atom stereocenters. The van der Waals surface area contributed by atoms with Crippen molar-refractivity contribution in [1.82, 2.24) is 9.80 Å². The average molecular weight is 569 g/mol. The van der Waals surface area contributed by atoms with Gasteiger partial charge in [-0.3, -0.25) is 14.4 Å². The van der Waals surface area contributed by atoms with E-state index < -0.39 is 17.5 Å². The van der Waals surface area contributed by atoms with Gasteiger partial charge in [0.2, 0.25) is 5.91 Å². The minimum absolute atomic E-state index is 0.167. The Labute approximate surface area is 243 Å². The van der Waals surface area contributed by atoms with Crippen LogP contribution >= 0.6 is 0 Å². The van der Waals surface area contributed by atoms with Crippen LogP contribution in [0.25, 0.3) is 0 Å². The first kappa shape index (κ1) is 28.5. The minimum atomic E-state index is -0.523. The van der Waals surface area contributed by atoms with Crippen LogP contribution in [0.5, 0.6) is 0 Å². The number of nitrogens with one attached hydrogen (secondary N) is 1. The van der Waals surface area contributed by atoms with Crippen LogP contribution in [0.1, 0.15) is 26.3 Å². The molecule has 1 heterocycles. The zero-order valence-electron chi connectivity index (χ0n) is 22.9. The normalized spacial score (nSPS) is 13.0. The lowest BCUT2D eigenvalue weighted by atomic mass is 10.1. The summed E-state index contributed by atoms with van der Waals surface area (Å²) in [5.41, 5.74) is 2.86. The molecule has 214 valence electrons. The SMILES string of the molecule is O=C(CN(Cc1ccccc1)C(=O)c1cccc(F)c1)Nc1ccc(N2CCN(C(=O)c3cccc(F)c3)CC2)cc1. The summed E-state index contributed by atoms with van der Waals surface area (Å²) < 4.78 is 27.3. The zero-order valence-corrected chi connectivity index (χ0v) is 22.9. The number of hydrogen-bond acceptors (Lipinski definition) is 4. The van der Waals surface area contributed by atoms with E-state index in [9.17, 15) is 23.2 Å². The van der Waals surface area contributed by atoms with Gasteiger partial charge in [-0.15, -0.1) is 0 Å². The van der Waals surface area contributed by atoms with Crippen molar-refractivity contribution in [2.45, 2.75) is 6.54 Å². The Morgan fingerprint density at radius 3 is 1.98 bits per heavy atom. The third-order valence-electron chi connectivity index (χ3n) is 7.06. The van der Waals surface area contributed by atoms with Crippen LogP contribution in [0.15, 0.2) is 103 Å². The van der Waals surface area contributed by atoms with Gasteiger partial charge in [0.1, 0.15) is 18.2 Å². The van der Waals surface area contributed by atoms with Gasteiger partial charge in [0.25, 0.3) is 11.8 Å². The summed E-state index contributed by atoms with van der Waals surface area (Å²) in [4.78, 5) is 44.2. The summed E-state index contributed by atoms with van der Waals surface area (Å²) in [6, 6.07) is 27.8. The van der Waals surface area contributed by atoms with E-state index in [1.807, 2.05) is 42.5 Å². The number of benzene rings is 4. The fraction of sp³-hybridized carbons (Fsp3) is 0.182. The molecular formula is C33H30F2N4O3. The molecule has 1 aliphatic heterocycles. The zero-order chi connectivity index (χ0) is 29.5. The Balaban J connectivity index is 1.18. The van der Waals surface area contributed by atoms with E-state index in [4.69, 9.17) is 0 Å². The molecule has 0 atom stereocenters. The predicted octanol–water partition coefficient (Wildman–Crippen LogP) is 5.21. The van der Waals surface area contributed by atoms with Crippen molar-refractivity contribution in [2.24, 2.45) is 0 Å². The van der Waals surface area contributed by atoms with Crippen molar-refractivity contribution < 1.29 is 23.2 Å². The summed E-state index contributed by atoms with van der Waals surface area (Å²) in [5.74, 6) is -1.98. The van der Waals surface area contributed by atoms with Gasteiger partial charge < -0.3 is 20.0 Å². The highest BCUT2D eigenvalue weighted by Crippen LogP contribution is 2.21. The Kier molecular flexibility index (Phi) is 8.87. The molecule has 3 amide bonds. The number of carbonyl (C=O) groups excluding carboxylic acids is 3. The Morgan fingerprint density at radius 2 is 1.33 bits per heavy atom. The molecule has 42 heavy (non-hydrogen) atoms. The number of nitrogens with zero attached hydrogens (tertiary/aromatic N) is 3. The number of amides is 3. The summed E-state index contributed by atoms with van der Waals surface area (Å²) in [7, 11) is 0. The van der Waals surface area contributed by atoms with E-state index >= 15 is 0 Å². The second-order valence-electron chi connectivity index (χ2n) is 10.0. The number of hydrogen-bond donors (Lipinski definition) is 1. The molecule has 0 saturated carbocycles. The fourth-order valence-electron chi connectivity index (χ4n) is 4.91. The quantitative estimate of drug-likeness (QED) is 0.317. The molecule has 1 aliphatic rings.